The lowest BCUT2D eigenvalue weighted by atomic mass is 10.2. The van der Waals surface area contributed by atoms with Crippen LogP contribution in [0.15, 0.2) is 39.4 Å². The fourth-order valence-corrected chi connectivity index (χ4v) is 2.25. The molecule has 0 aliphatic rings. The number of hydrogen-bond donors (Lipinski definition) is 1. The predicted octanol–water partition coefficient (Wildman–Crippen LogP) is 5.01. The molecular weight excluding hydrogens is 386 g/mol. The van der Waals surface area contributed by atoms with Crippen molar-refractivity contribution >= 4 is 49.1 Å². The number of hydrogen-bond acceptors (Lipinski definition) is 2. The van der Waals surface area contributed by atoms with E-state index >= 15 is 0 Å². The van der Waals surface area contributed by atoms with Gasteiger partial charge in [-0.1, -0.05) is 17.7 Å². The third-order valence-corrected chi connectivity index (χ3v) is 4.02. The Balaban J connectivity index is 2.06. The van der Waals surface area contributed by atoms with Crippen LogP contribution in [0, 0.1) is 5.82 Å². The highest BCUT2D eigenvalue weighted by atomic mass is 79.9. The van der Waals surface area contributed by atoms with E-state index in [4.69, 9.17) is 11.6 Å². The number of nitrogens with one attached hydrogen (secondary N) is 1. The van der Waals surface area contributed by atoms with E-state index < -0.39 is 0 Å². The molecule has 18 heavy (non-hydrogen) atoms. The fraction of sp³-hybridized carbons (Fsp3) is 0.0833. The molecule has 0 saturated heterocycles. The number of nitrogens with zero attached hydrogens (tertiary/aromatic N) is 1. The third kappa shape index (κ3) is 3.43. The zero-order valence-corrected chi connectivity index (χ0v) is 13.0. The third-order valence-electron chi connectivity index (χ3n) is 2.28. The largest absolute Gasteiger partial charge is 0.380 e. The molecule has 0 amide bonds. The number of benzene rings is 1. The first-order valence-corrected chi connectivity index (χ1v) is 7.01. The van der Waals surface area contributed by atoms with Crippen LogP contribution in [0.25, 0.3) is 0 Å². The van der Waals surface area contributed by atoms with Gasteiger partial charge < -0.3 is 5.32 Å². The van der Waals surface area contributed by atoms with Gasteiger partial charge in [0.15, 0.2) is 0 Å². The summed E-state index contributed by atoms with van der Waals surface area (Å²) in [5, 5.41) is 3.60. The van der Waals surface area contributed by atoms with Crippen molar-refractivity contribution in [1.82, 2.24) is 4.98 Å². The van der Waals surface area contributed by atoms with Crippen LogP contribution in [0.4, 0.5) is 10.1 Å². The number of rotatable bonds is 3. The summed E-state index contributed by atoms with van der Waals surface area (Å²) in [5.41, 5.74) is 1.81. The molecule has 0 unspecified atom stereocenters. The van der Waals surface area contributed by atoms with Gasteiger partial charge in [-0.25, -0.2) is 9.37 Å². The van der Waals surface area contributed by atoms with Crippen molar-refractivity contribution in [3.05, 3.63) is 55.9 Å². The molecule has 2 nitrogen and oxygen atoms in total. The normalized spacial score (nSPS) is 10.4. The summed E-state index contributed by atoms with van der Waals surface area (Å²) in [7, 11) is 0. The second-order valence-corrected chi connectivity index (χ2v) is 5.67. The van der Waals surface area contributed by atoms with Crippen molar-refractivity contribution in [2.75, 3.05) is 5.32 Å². The molecule has 2 aromatic rings. The van der Waals surface area contributed by atoms with Crippen LogP contribution in [-0.2, 0) is 6.54 Å². The van der Waals surface area contributed by atoms with Crippen LogP contribution in [0.3, 0.4) is 0 Å². The molecule has 0 atom stereocenters. The molecule has 1 aromatic carbocycles. The molecule has 0 spiro atoms. The molecule has 0 fully saturated rings. The average molecular weight is 394 g/mol. The van der Waals surface area contributed by atoms with Gasteiger partial charge in [-0.15, -0.1) is 0 Å². The topological polar surface area (TPSA) is 24.9 Å². The lowest BCUT2D eigenvalue weighted by Crippen LogP contribution is -2.00. The number of halogens is 4. The fourth-order valence-electron chi connectivity index (χ4n) is 1.37. The van der Waals surface area contributed by atoms with E-state index in [1.165, 1.54) is 6.07 Å². The van der Waals surface area contributed by atoms with Crippen molar-refractivity contribution < 1.29 is 4.39 Å². The Kier molecular flexibility index (Phi) is 4.59. The Morgan fingerprint density at radius 1 is 1.22 bits per heavy atom. The molecule has 1 N–H and O–H groups in total. The maximum Gasteiger partial charge on any atom is 0.143 e. The maximum atomic E-state index is 13.1. The summed E-state index contributed by atoms with van der Waals surface area (Å²) >= 11 is 12.3. The summed E-state index contributed by atoms with van der Waals surface area (Å²) in [6.45, 7) is 0.578. The van der Waals surface area contributed by atoms with Crippen molar-refractivity contribution in [3.63, 3.8) is 0 Å². The van der Waals surface area contributed by atoms with Crippen molar-refractivity contribution in [3.8, 4) is 0 Å². The molecular formula is C12H8Br2ClFN2. The van der Waals surface area contributed by atoms with Gasteiger partial charge in [-0.2, -0.15) is 0 Å². The number of anilines is 1. The minimum absolute atomic E-state index is 0.269. The molecule has 1 heterocycles. The standard InChI is InChI=1S/C12H8Br2ClFN2/c13-9-3-7(1-2-11(9)16)5-17-8-4-10(14)12(15)18-6-8/h1-4,6,17H,5H2. The molecule has 94 valence electrons. The molecule has 0 aliphatic heterocycles. The lowest BCUT2D eigenvalue weighted by Gasteiger charge is -2.07. The monoisotopic (exact) mass is 392 g/mol. The van der Waals surface area contributed by atoms with Crippen LogP contribution in [0.2, 0.25) is 5.15 Å². The van der Waals surface area contributed by atoms with Gasteiger partial charge in [0, 0.05) is 6.54 Å². The second-order valence-electron chi connectivity index (χ2n) is 3.60. The Hall–Kier alpha value is -0.650. The molecule has 0 bridgehead atoms. The van der Waals surface area contributed by atoms with E-state index in [1.807, 2.05) is 6.07 Å². The van der Waals surface area contributed by atoms with Crippen LogP contribution < -0.4 is 5.32 Å². The summed E-state index contributed by atoms with van der Waals surface area (Å²) in [5.74, 6) is -0.269. The maximum absolute atomic E-state index is 13.1. The van der Waals surface area contributed by atoms with Crippen LogP contribution in [0.1, 0.15) is 5.56 Å². The average Bonchev–Trinajstić information content (AvgIpc) is 2.35. The second kappa shape index (κ2) is 5.99. The first-order chi connectivity index (χ1) is 8.56. The first kappa shape index (κ1) is 13.8. The molecule has 0 saturated carbocycles. The van der Waals surface area contributed by atoms with Gasteiger partial charge in [0.25, 0.3) is 0 Å². The molecule has 0 radical (unpaired) electrons. The van der Waals surface area contributed by atoms with Crippen molar-refractivity contribution in [2.24, 2.45) is 0 Å². The molecule has 0 aliphatic carbocycles. The van der Waals surface area contributed by atoms with E-state index in [1.54, 1.807) is 18.3 Å². The Morgan fingerprint density at radius 3 is 2.67 bits per heavy atom. The molecule has 2 rings (SSSR count). The van der Waals surface area contributed by atoms with Gasteiger partial charge in [-0.3, -0.25) is 0 Å². The molecule has 1 aromatic heterocycles. The Labute approximate surface area is 126 Å². The predicted molar refractivity (Wildman–Crippen MR) is 78.4 cm³/mol. The van der Waals surface area contributed by atoms with E-state index in [9.17, 15) is 4.39 Å². The number of pyridine rings is 1. The summed E-state index contributed by atoms with van der Waals surface area (Å²) in [6, 6.07) is 6.73. The van der Waals surface area contributed by atoms with Gasteiger partial charge in [0.1, 0.15) is 11.0 Å². The van der Waals surface area contributed by atoms with E-state index in [2.05, 4.69) is 42.2 Å². The van der Waals surface area contributed by atoms with Gasteiger partial charge >= 0.3 is 0 Å². The van der Waals surface area contributed by atoms with Gasteiger partial charge in [-0.05, 0) is 55.6 Å². The highest BCUT2D eigenvalue weighted by Crippen LogP contribution is 2.23. The highest BCUT2D eigenvalue weighted by molar-refractivity contribution is 9.10. The molecule has 6 heteroatoms. The Bertz CT molecular complexity index is 526. The summed E-state index contributed by atoms with van der Waals surface area (Å²) in [6.07, 6.45) is 1.64. The van der Waals surface area contributed by atoms with Gasteiger partial charge in [0.2, 0.25) is 0 Å². The van der Waals surface area contributed by atoms with E-state index in [-0.39, 0.29) is 5.82 Å². The first-order valence-electron chi connectivity index (χ1n) is 5.05. The van der Waals surface area contributed by atoms with E-state index in [0.717, 1.165) is 15.7 Å². The smallest absolute Gasteiger partial charge is 0.143 e. The summed E-state index contributed by atoms with van der Waals surface area (Å²) in [4.78, 5) is 4.01. The van der Waals surface area contributed by atoms with Crippen molar-refractivity contribution in [1.29, 1.82) is 0 Å². The van der Waals surface area contributed by atoms with Crippen LogP contribution >= 0.6 is 43.5 Å². The SMILES string of the molecule is Fc1ccc(CNc2cnc(Cl)c(Br)c2)cc1Br. The zero-order chi connectivity index (χ0) is 13.1. The van der Waals surface area contributed by atoms with Crippen LogP contribution in [0.5, 0.6) is 0 Å². The number of aromatic nitrogens is 1. The van der Waals surface area contributed by atoms with Gasteiger partial charge in [0.05, 0.1) is 20.8 Å². The minimum Gasteiger partial charge on any atom is -0.380 e. The summed E-state index contributed by atoms with van der Waals surface area (Å²) < 4.78 is 14.2. The van der Waals surface area contributed by atoms with E-state index in [0.29, 0.717) is 16.2 Å². The van der Waals surface area contributed by atoms with Crippen LogP contribution in [-0.4, -0.2) is 4.98 Å². The quantitative estimate of drug-likeness (QED) is 0.740. The minimum atomic E-state index is -0.269. The van der Waals surface area contributed by atoms with Crippen molar-refractivity contribution in [2.45, 2.75) is 6.54 Å². The highest BCUT2D eigenvalue weighted by Gasteiger charge is 2.02. The zero-order valence-electron chi connectivity index (χ0n) is 9.05. The Morgan fingerprint density at radius 2 is 2.00 bits per heavy atom. The lowest BCUT2D eigenvalue weighted by molar-refractivity contribution is 0.620.